The number of hydrogen-bond donors (Lipinski definition) is 1. The van der Waals surface area contributed by atoms with Crippen molar-refractivity contribution >= 4 is 11.6 Å². The van der Waals surface area contributed by atoms with E-state index in [4.69, 9.17) is 0 Å². The first kappa shape index (κ1) is 19.6. The summed E-state index contributed by atoms with van der Waals surface area (Å²) in [7, 11) is 1.93. The molecule has 1 aliphatic carbocycles. The highest BCUT2D eigenvalue weighted by molar-refractivity contribution is 5.80. The van der Waals surface area contributed by atoms with Gasteiger partial charge in [-0.15, -0.1) is 0 Å². The summed E-state index contributed by atoms with van der Waals surface area (Å²) in [5.74, 6) is 1.13. The van der Waals surface area contributed by atoms with Gasteiger partial charge in [0.15, 0.2) is 5.96 Å². The first-order valence-corrected chi connectivity index (χ1v) is 11.3. The van der Waals surface area contributed by atoms with Gasteiger partial charge in [0.2, 0.25) is 0 Å². The number of para-hydroxylation sites is 1. The van der Waals surface area contributed by atoms with Crippen LogP contribution in [0.2, 0.25) is 0 Å². The van der Waals surface area contributed by atoms with Gasteiger partial charge in [0.25, 0.3) is 0 Å². The Balaban J connectivity index is 1.09. The fourth-order valence-corrected chi connectivity index (χ4v) is 5.06. The molecule has 0 radical (unpaired) electrons. The zero-order chi connectivity index (χ0) is 19.2. The van der Waals surface area contributed by atoms with E-state index in [-0.39, 0.29) is 0 Å². The summed E-state index contributed by atoms with van der Waals surface area (Å²) >= 11 is 0. The summed E-state index contributed by atoms with van der Waals surface area (Å²) < 4.78 is 0. The molecule has 28 heavy (non-hydrogen) atoms. The average molecular weight is 384 g/mol. The molecule has 0 aromatic heterocycles. The van der Waals surface area contributed by atoms with E-state index in [1.54, 1.807) is 0 Å². The molecule has 154 valence electrons. The maximum absolute atomic E-state index is 4.53. The Morgan fingerprint density at radius 3 is 2.43 bits per heavy atom. The standard InChI is InChI=1S/C23H37N5/c1-24-22(28-15-12-23(20-28)10-7-11-23)25-13-5-6-14-26-16-18-27(19-17-26)21-8-3-2-4-9-21/h2-4,8-9H,5-7,10-20H2,1H3,(H,24,25). The van der Waals surface area contributed by atoms with Crippen molar-refractivity contribution in [3.8, 4) is 0 Å². The van der Waals surface area contributed by atoms with E-state index in [1.807, 2.05) is 7.05 Å². The van der Waals surface area contributed by atoms with Crippen LogP contribution in [0.5, 0.6) is 0 Å². The number of hydrogen-bond acceptors (Lipinski definition) is 3. The van der Waals surface area contributed by atoms with E-state index < -0.39 is 0 Å². The lowest BCUT2D eigenvalue weighted by Crippen LogP contribution is -2.46. The third-order valence-corrected chi connectivity index (χ3v) is 7.04. The van der Waals surface area contributed by atoms with E-state index >= 15 is 0 Å². The molecule has 1 saturated carbocycles. The molecule has 5 heteroatoms. The zero-order valence-electron chi connectivity index (χ0n) is 17.6. The van der Waals surface area contributed by atoms with Crippen LogP contribution in [0.1, 0.15) is 38.5 Å². The third kappa shape index (κ3) is 4.62. The monoisotopic (exact) mass is 383 g/mol. The number of rotatable bonds is 6. The second-order valence-electron chi connectivity index (χ2n) is 8.87. The number of unbranched alkanes of at least 4 members (excludes halogenated alkanes) is 1. The molecule has 1 aromatic rings. The highest BCUT2D eigenvalue weighted by Gasteiger charge is 2.43. The molecule has 2 saturated heterocycles. The van der Waals surface area contributed by atoms with Gasteiger partial charge in [-0.25, -0.2) is 0 Å². The van der Waals surface area contributed by atoms with Crippen LogP contribution >= 0.6 is 0 Å². The normalized spacial score (nSPS) is 22.5. The lowest BCUT2D eigenvalue weighted by molar-refractivity contribution is 0.151. The fourth-order valence-electron chi connectivity index (χ4n) is 5.06. The van der Waals surface area contributed by atoms with Crippen molar-refractivity contribution in [3.63, 3.8) is 0 Å². The maximum atomic E-state index is 4.53. The van der Waals surface area contributed by atoms with Gasteiger partial charge in [0.1, 0.15) is 0 Å². The van der Waals surface area contributed by atoms with Crippen LogP contribution in [0.15, 0.2) is 35.3 Å². The van der Waals surface area contributed by atoms with E-state index in [9.17, 15) is 0 Å². The maximum Gasteiger partial charge on any atom is 0.193 e. The third-order valence-electron chi connectivity index (χ3n) is 7.04. The Hall–Kier alpha value is -1.75. The van der Waals surface area contributed by atoms with Gasteiger partial charge in [-0.3, -0.25) is 9.89 Å². The predicted molar refractivity (Wildman–Crippen MR) is 118 cm³/mol. The van der Waals surface area contributed by atoms with Crippen LogP contribution in [-0.2, 0) is 0 Å². The van der Waals surface area contributed by atoms with Gasteiger partial charge in [-0.2, -0.15) is 0 Å². The topological polar surface area (TPSA) is 34.1 Å². The van der Waals surface area contributed by atoms with Crippen LogP contribution in [0, 0.1) is 5.41 Å². The number of aliphatic imine (C=N–C) groups is 1. The van der Waals surface area contributed by atoms with E-state index in [0.29, 0.717) is 5.41 Å². The van der Waals surface area contributed by atoms with Crippen molar-refractivity contribution < 1.29 is 0 Å². The van der Waals surface area contributed by atoms with Gasteiger partial charge in [0.05, 0.1) is 0 Å². The minimum Gasteiger partial charge on any atom is -0.369 e. The second-order valence-corrected chi connectivity index (χ2v) is 8.87. The molecular formula is C23H37N5. The number of anilines is 1. The number of nitrogens with zero attached hydrogens (tertiary/aromatic N) is 4. The summed E-state index contributed by atoms with van der Waals surface area (Å²) in [5.41, 5.74) is 2.00. The Bertz CT molecular complexity index is 632. The smallest absolute Gasteiger partial charge is 0.193 e. The van der Waals surface area contributed by atoms with E-state index in [2.05, 4.69) is 55.3 Å². The number of likely N-dealkylation sites (tertiary alicyclic amines) is 1. The lowest BCUT2D eigenvalue weighted by atomic mass is 9.68. The molecule has 1 aromatic carbocycles. The van der Waals surface area contributed by atoms with Crippen LogP contribution in [-0.4, -0.2) is 75.2 Å². The Morgan fingerprint density at radius 2 is 1.79 bits per heavy atom. The molecule has 1 spiro atoms. The predicted octanol–water partition coefficient (Wildman–Crippen LogP) is 3.04. The molecule has 2 aliphatic heterocycles. The van der Waals surface area contributed by atoms with Gasteiger partial charge in [0, 0.05) is 58.5 Å². The molecule has 3 fully saturated rings. The van der Waals surface area contributed by atoms with Gasteiger partial charge in [-0.1, -0.05) is 24.6 Å². The quantitative estimate of drug-likeness (QED) is 0.465. The van der Waals surface area contributed by atoms with Crippen molar-refractivity contribution in [1.29, 1.82) is 0 Å². The molecule has 4 rings (SSSR count). The number of piperazine rings is 1. The van der Waals surface area contributed by atoms with Crippen LogP contribution in [0.25, 0.3) is 0 Å². The first-order valence-electron chi connectivity index (χ1n) is 11.3. The van der Waals surface area contributed by atoms with Crippen molar-refractivity contribution in [2.24, 2.45) is 10.4 Å². The minimum atomic E-state index is 0.638. The highest BCUT2D eigenvalue weighted by Crippen LogP contribution is 2.47. The van der Waals surface area contributed by atoms with Crippen molar-refractivity contribution in [1.82, 2.24) is 15.1 Å². The first-order chi connectivity index (χ1) is 13.8. The van der Waals surface area contributed by atoms with Crippen molar-refractivity contribution in [2.75, 3.05) is 64.3 Å². The number of guanidine groups is 1. The molecule has 0 atom stereocenters. The Kier molecular flexibility index (Phi) is 6.40. The molecule has 2 heterocycles. The Morgan fingerprint density at radius 1 is 1.00 bits per heavy atom. The second kappa shape index (κ2) is 9.17. The zero-order valence-corrected chi connectivity index (χ0v) is 17.6. The van der Waals surface area contributed by atoms with Crippen molar-refractivity contribution in [2.45, 2.75) is 38.5 Å². The summed E-state index contributed by atoms with van der Waals surface area (Å²) in [4.78, 5) is 12.1. The number of benzene rings is 1. The minimum absolute atomic E-state index is 0.638. The summed E-state index contributed by atoms with van der Waals surface area (Å²) in [6.07, 6.45) is 8.13. The fraction of sp³-hybridized carbons (Fsp3) is 0.696. The van der Waals surface area contributed by atoms with Gasteiger partial charge in [-0.05, 0) is 56.2 Å². The van der Waals surface area contributed by atoms with Crippen molar-refractivity contribution in [3.05, 3.63) is 30.3 Å². The van der Waals surface area contributed by atoms with Crippen LogP contribution < -0.4 is 10.2 Å². The molecule has 5 nitrogen and oxygen atoms in total. The molecule has 3 aliphatic rings. The summed E-state index contributed by atoms with van der Waals surface area (Å²) in [6.45, 7) is 9.32. The molecule has 0 amide bonds. The van der Waals surface area contributed by atoms with E-state index in [1.165, 1.54) is 76.9 Å². The van der Waals surface area contributed by atoms with Gasteiger partial charge < -0.3 is 15.1 Å². The summed E-state index contributed by atoms with van der Waals surface area (Å²) in [6, 6.07) is 10.8. The van der Waals surface area contributed by atoms with Gasteiger partial charge >= 0.3 is 0 Å². The van der Waals surface area contributed by atoms with Crippen LogP contribution in [0.3, 0.4) is 0 Å². The largest absolute Gasteiger partial charge is 0.369 e. The Labute approximate surface area is 170 Å². The lowest BCUT2D eigenvalue weighted by Gasteiger charge is -2.38. The van der Waals surface area contributed by atoms with Crippen LogP contribution in [0.4, 0.5) is 5.69 Å². The van der Waals surface area contributed by atoms with E-state index in [0.717, 1.165) is 25.6 Å². The highest BCUT2D eigenvalue weighted by atomic mass is 15.3. The average Bonchev–Trinajstić information content (AvgIpc) is 3.18. The molecule has 0 unspecified atom stereocenters. The molecular weight excluding hydrogens is 346 g/mol. The SMILES string of the molecule is CN=C(NCCCCN1CCN(c2ccccc2)CC1)N1CCC2(CCC2)C1. The number of nitrogens with one attached hydrogen (secondary N) is 1. The molecule has 0 bridgehead atoms. The summed E-state index contributed by atoms with van der Waals surface area (Å²) in [5, 5.41) is 3.61. The molecule has 1 N–H and O–H groups in total.